The van der Waals surface area contributed by atoms with Gasteiger partial charge in [-0.05, 0) is 78.1 Å². The Morgan fingerprint density at radius 3 is 2.46 bits per heavy atom. The first kappa shape index (κ1) is 18.4. The number of hydrogen-bond donors (Lipinski definition) is 0. The molecule has 2 heterocycles. The fourth-order valence-corrected chi connectivity index (χ4v) is 4.16. The molecule has 28 heavy (non-hydrogen) atoms. The van der Waals surface area contributed by atoms with E-state index >= 15 is 0 Å². The van der Waals surface area contributed by atoms with Gasteiger partial charge in [-0.3, -0.25) is 0 Å². The Morgan fingerprint density at radius 2 is 1.71 bits per heavy atom. The van der Waals surface area contributed by atoms with E-state index in [4.69, 9.17) is 4.42 Å². The molecule has 0 amide bonds. The van der Waals surface area contributed by atoms with Crippen molar-refractivity contribution >= 4 is 22.7 Å². The summed E-state index contributed by atoms with van der Waals surface area (Å²) in [6.45, 7) is 8.14. The van der Waals surface area contributed by atoms with E-state index in [1.54, 1.807) is 10.7 Å². The molecule has 0 aliphatic carbocycles. The second kappa shape index (κ2) is 7.24. The van der Waals surface area contributed by atoms with Gasteiger partial charge in [0.25, 0.3) is 0 Å². The average molecular weight is 392 g/mol. The SMILES string of the molecule is Cc1cc2oc(=O)cc(CSc3nnnn3-c3c(C)cccc3C)c2cc1C. The number of tetrazole rings is 1. The van der Waals surface area contributed by atoms with Crippen LogP contribution in [-0.4, -0.2) is 20.2 Å². The van der Waals surface area contributed by atoms with E-state index in [-0.39, 0.29) is 5.63 Å². The first-order valence-electron chi connectivity index (χ1n) is 8.96. The van der Waals surface area contributed by atoms with Crippen molar-refractivity contribution in [2.45, 2.75) is 38.6 Å². The molecule has 2 aromatic heterocycles. The largest absolute Gasteiger partial charge is 0.423 e. The minimum atomic E-state index is -0.347. The maximum Gasteiger partial charge on any atom is 0.336 e. The molecule has 0 aliphatic heterocycles. The number of benzene rings is 2. The molecule has 4 aromatic rings. The third-order valence-corrected chi connectivity index (χ3v) is 5.86. The minimum Gasteiger partial charge on any atom is -0.423 e. The van der Waals surface area contributed by atoms with E-state index in [1.165, 1.54) is 11.8 Å². The third kappa shape index (κ3) is 3.33. The van der Waals surface area contributed by atoms with E-state index in [0.29, 0.717) is 16.5 Å². The van der Waals surface area contributed by atoms with Crippen LogP contribution in [0.3, 0.4) is 0 Å². The summed E-state index contributed by atoms with van der Waals surface area (Å²) in [6, 6.07) is 11.6. The number of aryl methyl sites for hydroxylation is 4. The number of nitrogens with zero attached hydrogens (tertiary/aromatic N) is 4. The van der Waals surface area contributed by atoms with Crippen LogP contribution in [0.5, 0.6) is 0 Å². The number of fused-ring (bicyclic) bond motifs is 1. The van der Waals surface area contributed by atoms with Crippen LogP contribution in [0, 0.1) is 27.7 Å². The Kier molecular flexibility index (Phi) is 4.77. The standard InChI is InChI=1S/C21H20N4O2S/c1-12-6-5-7-13(2)20(12)25-21(22-23-24-25)28-11-16-10-19(26)27-18-9-15(4)14(3)8-17(16)18/h5-10H,11H2,1-4H3. The van der Waals surface area contributed by atoms with Gasteiger partial charge in [0.1, 0.15) is 5.58 Å². The fraction of sp³-hybridized carbons (Fsp3) is 0.238. The van der Waals surface area contributed by atoms with Crippen LogP contribution in [-0.2, 0) is 5.75 Å². The number of para-hydroxylation sites is 1. The summed E-state index contributed by atoms with van der Waals surface area (Å²) in [7, 11) is 0. The molecule has 0 fully saturated rings. The second-order valence-corrected chi connectivity index (χ2v) is 7.87. The molecular weight excluding hydrogens is 372 g/mol. The van der Waals surface area contributed by atoms with Crippen LogP contribution in [0.2, 0.25) is 0 Å². The maximum atomic E-state index is 12.0. The lowest BCUT2D eigenvalue weighted by molar-refractivity contribution is 0.559. The molecule has 142 valence electrons. The van der Waals surface area contributed by atoms with Gasteiger partial charge >= 0.3 is 5.63 Å². The summed E-state index contributed by atoms with van der Waals surface area (Å²) in [4.78, 5) is 12.0. The molecule has 0 N–H and O–H groups in total. The quantitative estimate of drug-likeness (QED) is 0.381. The highest BCUT2D eigenvalue weighted by molar-refractivity contribution is 7.98. The Hall–Kier alpha value is -2.93. The summed E-state index contributed by atoms with van der Waals surface area (Å²) < 4.78 is 7.15. The molecule has 0 saturated heterocycles. The van der Waals surface area contributed by atoms with Crippen molar-refractivity contribution in [3.63, 3.8) is 0 Å². The molecule has 0 bridgehead atoms. The molecule has 0 unspecified atom stereocenters. The molecule has 0 radical (unpaired) electrons. The predicted octanol–water partition coefficient (Wildman–Crippen LogP) is 4.29. The lowest BCUT2D eigenvalue weighted by atomic mass is 10.0. The van der Waals surface area contributed by atoms with Crippen LogP contribution in [0.25, 0.3) is 16.7 Å². The van der Waals surface area contributed by atoms with Crippen LogP contribution in [0.15, 0.2) is 50.8 Å². The first-order chi connectivity index (χ1) is 13.4. The Bertz CT molecular complexity index is 1220. The van der Waals surface area contributed by atoms with Gasteiger partial charge in [0.2, 0.25) is 5.16 Å². The Labute approximate surface area is 166 Å². The molecule has 0 spiro atoms. The van der Waals surface area contributed by atoms with Crippen molar-refractivity contribution < 1.29 is 4.42 Å². The van der Waals surface area contributed by atoms with Gasteiger partial charge in [0.15, 0.2) is 0 Å². The van der Waals surface area contributed by atoms with E-state index < -0.39 is 0 Å². The summed E-state index contributed by atoms with van der Waals surface area (Å²) in [6.07, 6.45) is 0. The van der Waals surface area contributed by atoms with Crippen molar-refractivity contribution in [2.24, 2.45) is 0 Å². The monoisotopic (exact) mass is 392 g/mol. The lowest BCUT2D eigenvalue weighted by Crippen LogP contribution is -2.04. The lowest BCUT2D eigenvalue weighted by Gasteiger charge is -2.11. The Balaban J connectivity index is 1.71. The van der Waals surface area contributed by atoms with Gasteiger partial charge in [0.05, 0.1) is 5.69 Å². The van der Waals surface area contributed by atoms with Crippen LogP contribution < -0.4 is 5.63 Å². The smallest absolute Gasteiger partial charge is 0.336 e. The van der Waals surface area contributed by atoms with E-state index in [2.05, 4.69) is 28.5 Å². The topological polar surface area (TPSA) is 73.8 Å². The van der Waals surface area contributed by atoms with Gasteiger partial charge in [-0.1, -0.05) is 30.0 Å². The predicted molar refractivity (Wildman–Crippen MR) is 110 cm³/mol. The highest BCUT2D eigenvalue weighted by atomic mass is 32.2. The molecular formula is C21H20N4O2S. The molecule has 0 saturated carbocycles. The molecule has 2 aromatic carbocycles. The number of thioether (sulfide) groups is 1. The van der Waals surface area contributed by atoms with E-state index in [1.807, 2.05) is 45.0 Å². The van der Waals surface area contributed by atoms with Crippen molar-refractivity contribution in [1.29, 1.82) is 0 Å². The number of aromatic nitrogens is 4. The highest BCUT2D eigenvalue weighted by Crippen LogP contribution is 2.29. The van der Waals surface area contributed by atoms with Crippen LogP contribution >= 0.6 is 11.8 Å². The van der Waals surface area contributed by atoms with E-state index in [0.717, 1.165) is 38.9 Å². The molecule has 0 atom stereocenters. The van der Waals surface area contributed by atoms with Gasteiger partial charge in [0, 0.05) is 17.2 Å². The zero-order chi connectivity index (χ0) is 19.8. The summed E-state index contributed by atoms with van der Waals surface area (Å²) in [5.74, 6) is 0.565. The first-order valence-corrected chi connectivity index (χ1v) is 9.94. The zero-order valence-corrected chi connectivity index (χ0v) is 17.0. The fourth-order valence-electron chi connectivity index (χ4n) is 3.29. The summed E-state index contributed by atoms with van der Waals surface area (Å²) >= 11 is 1.50. The van der Waals surface area contributed by atoms with Gasteiger partial charge in [-0.15, -0.1) is 5.10 Å². The second-order valence-electron chi connectivity index (χ2n) is 6.93. The van der Waals surface area contributed by atoms with Gasteiger partial charge in [-0.2, -0.15) is 4.68 Å². The van der Waals surface area contributed by atoms with Gasteiger partial charge < -0.3 is 4.42 Å². The third-order valence-electron chi connectivity index (χ3n) is 4.89. The molecule has 7 heteroatoms. The molecule has 6 nitrogen and oxygen atoms in total. The molecule has 0 aliphatic rings. The normalized spacial score (nSPS) is 11.3. The average Bonchev–Trinajstić information content (AvgIpc) is 3.09. The Morgan fingerprint density at radius 1 is 1.00 bits per heavy atom. The van der Waals surface area contributed by atoms with Gasteiger partial charge in [-0.25, -0.2) is 4.79 Å². The van der Waals surface area contributed by atoms with Crippen molar-refractivity contribution in [1.82, 2.24) is 20.2 Å². The minimum absolute atomic E-state index is 0.347. The van der Waals surface area contributed by atoms with E-state index in [9.17, 15) is 4.79 Å². The highest BCUT2D eigenvalue weighted by Gasteiger charge is 2.15. The van der Waals surface area contributed by atoms with Crippen molar-refractivity contribution in [3.05, 3.63) is 74.6 Å². The number of rotatable bonds is 4. The van der Waals surface area contributed by atoms with Crippen LogP contribution in [0.1, 0.15) is 27.8 Å². The van der Waals surface area contributed by atoms with Crippen molar-refractivity contribution in [3.8, 4) is 5.69 Å². The van der Waals surface area contributed by atoms with Crippen molar-refractivity contribution in [2.75, 3.05) is 0 Å². The maximum absolute atomic E-state index is 12.0. The van der Waals surface area contributed by atoms with Crippen LogP contribution in [0.4, 0.5) is 0 Å². The summed E-state index contributed by atoms with van der Waals surface area (Å²) in [5.41, 5.74) is 6.63. The molecule has 4 rings (SSSR count). The summed E-state index contributed by atoms with van der Waals surface area (Å²) in [5, 5.41) is 13.9. The number of hydrogen-bond acceptors (Lipinski definition) is 6. The zero-order valence-electron chi connectivity index (χ0n) is 16.2.